The minimum Gasteiger partial charge on any atom is -0.480 e. The summed E-state index contributed by atoms with van der Waals surface area (Å²) < 4.78 is 13.2. The zero-order valence-corrected chi connectivity index (χ0v) is 8.88. The van der Waals surface area contributed by atoms with Gasteiger partial charge in [-0.1, -0.05) is 17.7 Å². The highest BCUT2D eigenvalue weighted by molar-refractivity contribution is 6.30. The number of carboxylic acids is 1. The summed E-state index contributed by atoms with van der Waals surface area (Å²) in [5.41, 5.74) is 0.396. The lowest BCUT2D eigenvalue weighted by Gasteiger charge is -2.09. The molecule has 1 aromatic rings. The molecule has 1 aromatic carbocycles. The number of hydrogen-bond acceptors (Lipinski definition) is 2. The lowest BCUT2D eigenvalue weighted by Crippen LogP contribution is -2.33. The molecule has 0 amide bonds. The molecule has 0 saturated carbocycles. The number of hydrogen-bond donors (Lipinski definition) is 2. The van der Waals surface area contributed by atoms with Crippen molar-refractivity contribution in [1.29, 1.82) is 0 Å². The number of carbonyl (C=O) groups is 1. The largest absolute Gasteiger partial charge is 0.480 e. The Balaban J connectivity index is 2.62. The van der Waals surface area contributed by atoms with Crippen LogP contribution < -0.4 is 5.32 Å². The van der Waals surface area contributed by atoms with Crippen molar-refractivity contribution in [2.45, 2.75) is 19.5 Å². The van der Waals surface area contributed by atoms with Crippen LogP contribution in [0.4, 0.5) is 4.39 Å². The molecule has 0 radical (unpaired) electrons. The van der Waals surface area contributed by atoms with E-state index < -0.39 is 17.8 Å². The van der Waals surface area contributed by atoms with Gasteiger partial charge in [0.2, 0.25) is 0 Å². The zero-order valence-electron chi connectivity index (χ0n) is 8.13. The van der Waals surface area contributed by atoms with Gasteiger partial charge in [0.15, 0.2) is 0 Å². The SMILES string of the molecule is CC(NCc1ccc(Cl)cc1F)C(=O)O. The van der Waals surface area contributed by atoms with Gasteiger partial charge in [-0.15, -0.1) is 0 Å². The Morgan fingerprint density at radius 3 is 2.87 bits per heavy atom. The Kier molecular flexibility index (Phi) is 4.05. The van der Waals surface area contributed by atoms with Crippen molar-refractivity contribution in [3.63, 3.8) is 0 Å². The molecule has 1 rings (SSSR count). The summed E-state index contributed by atoms with van der Waals surface area (Å²) in [5, 5.41) is 11.6. The van der Waals surface area contributed by atoms with Gasteiger partial charge in [0.05, 0.1) is 0 Å². The van der Waals surface area contributed by atoms with Crippen LogP contribution in [-0.4, -0.2) is 17.1 Å². The van der Waals surface area contributed by atoms with Gasteiger partial charge in [-0.25, -0.2) is 4.39 Å². The molecule has 0 heterocycles. The lowest BCUT2D eigenvalue weighted by atomic mass is 10.2. The van der Waals surface area contributed by atoms with Gasteiger partial charge in [-0.2, -0.15) is 0 Å². The second-order valence-corrected chi connectivity index (χ2v) is 3.61. The van der Waals surface area contributed by atoms with E-state index in [0.29, 0.717) is 10.6 Å². The van der Waals surface area contributed by atoms with Crippen molar-refractivity contribution >= 4 is 17.6 Å². The monoisotopic (exact) mass is 231 g/mol. The fraction of sp³-hybridized carbons (Fsp3) is 0.300. The molecule has 15 heavy (non-hydrogen) atoms. The van der Waals surface area contributed by atoms with Gasteiger partial charge in [0.1, 0.15) is 11.9 Å². The molecule has 0 fully saturated rings. The van der Waals surface area contributed by atoms with E-state index in [-0.39, 0.29) is 6.54 Å². The van der Waals surface area contributed by atoms with Crippen molar-refractivity contribution in [3.8, 4) is 0 Å². The van der Waals surface area contributed by atoms with E-state index in [9.17, 15) is 9.18 Å². The Hall–Kier alpha value is -1.13. The Morgan fingerprint density at radius 2 is 2.33 bits per heavy atom. The number of halogens is 2. The van der Waals surface area contributed by atoms with E-state index in [1.165, 1.54) is 19.1 Å². The topological polar surface area (TPSA) is 49.3 Å². The summed E-state index contributed by atoms with van der Waals surface area (Å²) in [6.07, 6.45) is 0. The van der Waals surface area contributed by atoms with E-state index >= 15 is 0 Å². The van der Waals surface area contributed by atoms with Crippen molar-refractivity contribution in [2.75, 3.05) is 0 Å². The van der Waals surface area contributed by atoms with E-state index in [1.807, 2.05) is 0 Å². The van der Waals surface area contributed by atoms with Gasteiger partial charge in [-0.05, 0) is 19.1 Å². The highest BCUT2D eigenvalue weighted by Crippen LogP contribution is 2.14. The van der Waals surface area contributed by atoms with E-state index in [4.69, 9.17) is 16.7 Å². The molecule has 1 unspecified atom stereocenters. The maximum atomic E-state index is 13.2. The van der Waals surface area contributed by atoms with Gasteiger partial charge >= 0.3 is 5.97 Å². The van der Waals surface area contributed by atoms with Crippen LogP contribution in [0, 0.1) is 5.82 Å². The van der Waals surface area contributed by atoms with Crippen molar-refractivity contribution in [3.05, 3.63) is 34.6 Å². The minimum atomic E-state index is -0.968. The molecule has 0 aliphatic rings. The predicted octanol–water partition coefficient (Wildman–Crippen LogP) is 2.04. The summed E-state index contributed by atoms with van der Waals surface area (Å²) in [6.45, 7) is 1.66. The first kappa shape index (κ1) is 11.9. The van der Waals surface area contributed by atoms with E-state index in [1.54, 1.807) is 6.07 Å². The van der Waals surface area contributed by atoms with Gasteiger partial charge < -0.3 is 10.4 Å². The molecule has 82 valence electrons. The molecule has 2 N–H and O–H groups in total. The van der Waals surface area contributed by atoms with Crippen LogP contribution in [-0.2, 0) is 11.3 Å². The van der Waals surface area contributed by atoms with Crippen LogP contribution in [0.1, 0.15) is 12.5 Å². The number of aliphatic carboxylic acids is 1. The first-order valence-corrected chi connectivity index (χ1v) is 4.78. The van der Waals surface area contributed by atoms with Crippen molar-refractivity contribution in [1.82, 2.24) is 5.32 Å². The molecule has 0 aromatic heterocycles. The second-order valence-electron chi connectivity index (χ2n) is 3.18. The highest BCUT2D eigenvalue weighted by Gasteiger charge is 2.10. The summed E-state index contributed by atoms with van der Waals surface area (Å²) in [6, 6.07) is 3.58. The summed E-state index contributed by atoms with van der Waals surface area (Å²) in [5.74, 6) is -1.41. The molecule has 0 saturated heterocycles. The molecule has 0 aliphatic heterocycles. The number of carboxylic acid groups (broad SMARTS) is 1. The van der Waals surface area contributed by atoms with Crippen molar-refractivity contribution < 1.29 is 14.3 Å². The standard InChI is InChI=1S/C10H11ClFNO2/c1-6(10(14)15)13-5-7-2-3-8(11)4-9(7)12/h2-4,6,13H,5H2,1H3,(H,14,15). The van der Waals surface area contributed by atoms with Gasteiger partial charge in [0.25, 0.3) is 0 Å². The van der Waals surface area contributed by atoms with Crippen LogP contribution in [0.3, 0.4) is 0 Å². The average molecular weight is 232 g/mol. The second kappa shape index (κ2) is 5.09. The fourth-order valence-corrected chi connectivity index (χ4v) is 1.17. The Bertz CT molecular complexity index is 370. The minimum absolute atomic E-state index is 0.163. The van der Waals surface area contributed by atoms with E-state index in [2.05, 4.69) is 5.32 Å². The van der Waals surface area contributed by atoms with Gasteiger partial charge in [-0.3, -0.25) is 4.79 Å². The molecule has 0 bridgehead atoms. The third-order valence-electron chi connectivity index (χ3n) is 1.98. The van der Waals surface area contributed by atoms with Crippen LogP contribution in [0.2, 0.25) is 5.02 Å². The molecular weight excluding hydrogens is 221 g/mol. The number of benzene rings is 1. The molecule has 0 aliphatic carbocycles. The Labute approximate surface area is 91.9 Å². The van der Waals surface area contributed by atoms with Gasteiger partial charge in [0, 0.05) is 17.1 Å². The summed E-state index contributed by atoms with van der Waals surface area (Å²) in [7, 11) is 0. The summed E-state index contributed by atoms with van der Waals surface area (Å²) >= 11 is 5.58. The predicted molar refractivity (Wildman–Crippen MR) is 55.3 cm³/mol. The first-order valence-electron chi connectivity index (χ1n) is 4.41. The summed E-state index contributed by atoms with van der Waals surface area (Å²) in [4.78, 5) is 10.5. The first-order chi connectivity index (χ1) is 7.00. The van der Waals surface area contributed by atoms with Crippen LogP contribution in [0.25, 0.3) is 0 Å². The molecule has 3 nitrogen and oxygen atoms in total. The average Bonchev–Trinajstić information content (AvgIpc) is 2.15. The lowest BCUT2D eigenvalue weighted by molar-refractivity contribution is -0.139. The molecule has 0 spiro atoms. The molecule has 1 atom stereocenters. The molecular formula is C10H11ClFNO2. The Morgan fingerprint density at radius 1 is 1.67 bits per heavy atom. The fourth-order valence-electron chi connectivity index (χ4n) is 1.02. The number of rotatable bonds is 4. The maximum Gasteiger partial charge on any atom is 0.320 e. The van der Waals surface area contributed by atoms with Crippen LogP contribution in [0.15, 0.2) is 18.2 Å². The maximum absolute atomic E-state index is 13.2. The number of nitrogens with one attached hydrogen (secondary N) is 1. The van der Waals surface area contributed by atoms with Crippen LogP contribution in [0.5, 0.6) is 0 Å². The highest BCUT2D eigenvalue weighted by atomic mass is 35.5. The van der Waals surface area contributed by atoms with E-state index in [0.717, 1.165) is 0 Å². The normalized spacial score (nSPS) is 12.5. The quantitative estimate of drug-likeness (QED) is 0.834. The zero-order chi connectivity index (χ0) is 11.4. The van der Waals surface area contributed by atoms with Crippen LogP contribution >= 0.6 is 11.6 Å². The van der Waals surface area contributed by atoms with Crippen molar-refractivity contribution in [2.24, 2.45) is 0 Å². The smallest absolute Gasteiger partial charge is 0.320 e. The third-order valence-corrected chi connectivity index (χ3v) is 2.22. The molecule has 5 heteroatoms. The third kappa shape index (κ3) is 3.49.